The lowest BCUT2D eigenvalue weighted by Crippen LogP contribution is -2.19. The molecule has 0 radical (unpaired) electrons. The average molecular weight is 445 g/mol. The molecular weight excluding hydrogens is 432 g/mol. The fraction of sp³-hybridized carbons (Fsp3) is 0.111. The molecule has 10 heteroatoms. The minimum absolute atomic E-state index is 0.0631. The molecule has 0 unspecified atom stereocenters. The van der Waals surface area contributed by atoms with Gasteiger partial charge < -0.3 is 4.98 Å². The van der Waals surface area contributed by atoms with Crippen molar-refractivity contribution in [3.05, 3.63) is 60.9 Å². The molecule has 140 valence electrons. The summed E-state index contributed by atoms with van der Waals surface area (Å²) in [6.07, 6.45) is 0. The third-order valence-electron chi connectivity index (χ3n) is 4.26. The van der Waals surface area contributed by atoms with Crippen LogP contribution < -0.4 is 11.1 Å². The first-order chi connectivity index (χ1) is 13.6. The van der Waals surface area contributed by atoms with Gasteiger partial charge in [-0.15, -0.1) is 34.0 Å². The van der Waals surface area contributed by atoms with Gasteiger partial charge in [-0.05, 0) is 22.9 Å². The number of thioether (sulfide) groups is 1. The van der Waals surface area contributed by atoms with Crippen molar-refractivity contribution in [2.24, 2.45) is 7.05 Å². The van der Waals surface area contributed by atoms with Gasteiger partial charge in [-0.1, -0.05) is 17.8 Å². The van der Waals surface area contributed by atoms with Crippen LogP contribution >= 0.6 is 45.8 Å². The molecule has 0 aromatic carbocycles. The van der Waals surface area contributed by atoms with Crippen molar-refractivity contribution in [1.29, 1.82) is 0 Å². The first-order valence-electron chi connectivity index (χ1n) is 8.23. The second-order valence-corrected chi connectivity index (χ2v) is 9.67. The topological polar surface area (TPSA) is 80.6 Å². The van der Waals surface area contributed by atoms with Crippen LogP contribution in [0.5, 0.6) is 0 Å². The summed E-state index contributed by atoms with van der Waals surface area (Å²) in [7, 11) is 1.73. The number of nitrogens with one attached hydrogen (secondary N) is 1. The van der Waals surface area contributed by atoms with Crippen molar-refractivity contribution in [3.63, 3.8) is 0 Å². The zero-order valence-corrected chi connectivity index (χ0v) is 17.7. The quantitative estimate of drug-likeness (QED) is 0.330. The minimum Gasteiger partial charge on any atom is -0.309 e. The van der Waals surface area contributed by atoms with E-state index in [-0.39, 0.29) is 11.1 Å². The van der Waals surface area contributed by atoms with E-state index in [1.165, 1.54) is 34.4 Å². The Hall–Kier alpha value is -2.27. The standard InChI is InChI=1S/C18H12N4O2S4/c1-22-17(24)13-9(11-3-2-5-25-11)7-27-16(13)21-18(22)28-8-12-19-10-4-6-26-14(10)15(23)20-12/h2-7H,8H2,1H3,(H,19,20,23). The molecule has 28 heavy (non-hydrogen) atoms. The Labute approximate surface area is 174 Å². The number of hydrogen-bond acceptors (Lipinski definition) is 8. The van der Waals surface area contributed by atoms with Crippen LogP contribution in [0.25, 0.3) is 30.9 Å². The molecule has 0 spiro atoms. The summed E-state index contributed by atoms with van der Waals surface area (Å²) in [4.78, 5) is 38.9. The molecule has 0 saturated heterocycles. The number of H-pyrrole nitrogens is 1. The molecule has 0 fully saturated rings. The third kappa shape index (κ3) is 2.93. The van der Waals surface area contributed by atoms with Crippen molar-refractivity contribution in [1.82, 2.24) is 19.5 Å². The third-order valence-corrected chi connectivity index (χ3v) is 7.98. The van der Waals surface area contributed by atoms with Crippen molar-refractivity contribution in [3.8, 4) is 10.4 Å². The van der Waals surface area contributed by atoms with Crippen LogP contribution in [0.15, 0.2) is 49.1 Å². The molecule has 0 saturated carbocycles. The Balaban J connectivity index is 1.51. The number of thiophene rings is 3. The predicted octanol–water partition coefficient (Wildman–Crippen LogP) is 4.31. The van der Waals surface area contributed by atoms with E-state index in [2.05, 4.69) is 15.0 Å². The van der Waals surface area contributed by atoms with Crippen LogP contribution in [0.2, 0.25) is 0 Å². The summed E-state index contributed by atoms with van der Waals surface area (Å²) in [5, 5.41) is 7.10. The molecule has 5 heterocycles. The first kappa shape index (κ1) is 17.8. The molecule has 0 amide bonds. The van der Waals surface area contributed by atoms with E-state index in [1.807, 2.05) is 34.3 Å². The number of aromatic nitrogens is 4. The smallest absolute Gasteiger partial charge is 0.268 e. The molecule has 5 aromatic rings. The summed E-state index contributed by atoms with van der Waals surface area (Å²) in [5.41, 5.74) is 1.44. The summed E-state index contributed by atoms with van der Waals surface area (Å²) in [6, 6.07) is 5.82. The predicted molar refractivity (Wildman–Crippen MR) is 118 cm³/mol. The van der Waals surface area contributed by atoms with Gasteiger partial charge in [0, 0.05) is 22.9 Å². The summed E-state index contributed by atoms with van der Waals surface area (Å²) >= 11 is 5.85. The summed E-state index contributed by atoms with van der Waals surface area (Å²) < 4.78 is 2.19. The van der Waals surface area contributed by atoms with E-state index in [4.69, 9.17) is 0 Å². The first-order valence-corrected chi connectivity index (χ1v) is 11.9. The Kier molecular flexibility index (Phi) is 4.43. The maximum absolute atomic E-state index is 13.0. The monoisotopic (exact) mass is 444 g/mol. The van der Waals surface area contributed by atoms with Crippen LogP contribution in [0.4, 0.5) is 0 Å². The van der Waals surface area contributed by atoms with Crippen molar-refractivity contribution < 1.29 is 0 Å². The maximum atomic E-state index is 13.0. The van der Waals surface area contributed by atoms with Crippen LogP contribution in [0.3, 0.4) is 0 Å². The second-order valence-electron chi connectivity index (χ2n) is 6.00. The van der Waals surface area contributed by atoms with Gasteiger partial charge in [0.2, 0.25) is 0 Å². The van der Waals surface area contributed by atoms with Gasteiger partial charge in [0.15, 0.2) is 5.16 Å². The van der Waals surface area contributed by atoms with Gasteiger partial charge in [-0.3, -0.25) is 14.2 Å². The van der Waals surface area contributed by atoms with Gasteiger partial charge in [0.05, 0.1) is 16.7 Å². The average Bonchev–Trinajstić information content (AvgIpc) is 3.43. The fourth-order valence-corrected chi connectivity index (χ4v) is 6.29. The summed E-state index contributed by atoms with van der Waals surface area (Å²) in [5.74, 6) is 0.997. The number of nitrogens with zero attached hydrogens (tertiary/aromatic N) is 3. The largest absolute Gasteiger partial charge is 0.309 e. The highest BCUT2D eigenvalue weighted by Gasteiger charge is 2.16. The van der Waals surface area contributed by atoms with Crippen LogP contribution in [0, 0.1) is 0 Å². The zero-order chi connectivity index (χ0) is 19.3. The molecule has 0 aliphatic heterocycles. The van der Waals surface area contributed by atoms with Crippen LogP contribution in [-0.2, 0) is 12.8 Å². The van der Waals surface area contributed by atoms with E-state index >= 15 is 0 Å². The molecule has 1 N–H and O–H groups in total. The van der Waals surface area contributed by atoms with E-state index < -0.39 is 0 Å². The Morgan fingerprint density at radius 3 is 2.86 bits per heavy atom. The fourth-order valence-electron chi connectivity index (χ4n) is 2.92. The second kappa shape index (κ2) is 6.96. The lowest BCUT2D eigenvalue weighted by Gasteiger charge is -2.07. The van der Waals surface area contributed by atoms with Gasteiger partial charge in [0.25, 0.3) is 11.1 Å². The van der Waals surface area contributed by atoms with Crippen LogP contribution in [0.1, 0.15) is 5.82 Å². The lowest BCUT2D eigenvalue weighted by atomic mass is 10.2. The van der Waals surface area contributed by atoms with Gasteiger partial charge in [0.1, 0.15) is 15.4 Å². The Bertz CT molecular complexity index is 1430. The lowest BCUT2D eigenvalue weighted by molar-refractivity contribution is 0.727. The molecule has 0 bridgehead atoms. The van der Waals surface area contributed by atoms with E-state index in [1.54, 1.807) is 23.0 Å². The molecule has 5 aromatic heterocycles. The highest BCUT2D eigenvalue weighted by atomic mass is 32.2. The molecule has 0 atom stereocenters. The Morgan fingerprint density at radius 1 is 1.14 bits per heavy atom. The highest BCUT2D eigenvalue weighted by Crippen LogP contribution is 2.34. The van der Waals surface area contributed by atoms with Crippen molar-refractivity contribution in [2.45, 2.75) is 10.9 Å². The van der Waals surface area contributed by atoms with Crippen molar-refractivity contribution in [2.75, 3.05) is 0 Å². The normalized spacial score (nSPS) is 11.6. The number of hydrogen-bond donors (Lipinski definition) is 1. The number of rotatable bonds is 4. The van der Waals surface area contributed by atoms with Gasteiger partial charge in [-0.2, -0.15) is 0 Å². The highest BCUT2D eigenvalue weighted by molar-refractivity contribution is 7.98. The van der Waals surface area contributed by atoms with Crippen molar-refractivity contribution >= 4 is 66.2 Å². The SMILES string of the molecule is Cn1c(SCc2nc3ccsc3c(=O)[nH]2)nc2scc(-c3cccs3)c2c1=O. The number of aromatic amines is 1. The molecule has 0 aliphatic carbocycles. The molecule has 6 nitrogen and oxygen atoms in total. The van der Waals surface area contributed by atoms with Gasteiger partial charge in [-0.25, -0.2) is 9.97 Å². The summed E-state index contributed by atoms with van der Waals surface area (Å²) in [6.45, 7) is 0. The number of fused-ring (bicyclic) bond motifs is 2. The molecular formula is C18H12N4O2S4. The minimum atomic E-state index is -0.133. The molecule has 5 rings (SSSR count). The van der Waals surface area contributed by atoms with E-state index in [0.717, 1.165) is 15.3 Å². The van der Waals surface area contributed by atoms with Crippen LogP contribution in [-0.4, -0.2) is 19.5 Å². The van der Waals surface area contributed by atoms with E-state index in [0.29, 0.717) is 32.3 Å². The zero-order valence-electron chi connectivity index (χ0n) is 14.5. The Morgan fingerprint density at radius 2 is 2.04 bits per heavy atom. The van der Waals surface area contributed by atoms with E-state index in [9.17, 15) is 9.59 Å². The van der Waals surface area contributed by atoms with Gasteiger partial charge >= 0.3 is 0 Å². The maximum Gasteiger partial charge on any atom is 0.268 e. The molecule has 0 aliphatic rings.